The van der Waals surface area contributed by atoms with Gasteiger partial charge in [0.05, 0.1) is 6.10 Å². The molecule has 8 nitrogen and oxygen atoms in total. The van der Waals surface area contributed by atoms with E-state index in [1.54, 1.807) is 13.8 Å². The summed E-state index contributed by atoms with van der Waals surface area (Å²) in [6, 6.07) is 9.51. The fourth-order valence-electron chi connectivity index (χ4n) is 2.30. The van der Waals surface area contributed by atoms with Crippen LogP contribution in [0.4, 0.5) is 0 Å². The third-order valence-electron chi connectivity index (χ3n) is 4.28. The zero-order valence-electron chi connectivity index (χ0n) is 21.4. The Kier molecular flexibility index (Phi) is 17.4. The highest BCUT2D eigenvalue weighted by Gasteiger charge is 2.17. The fraction of sp³-hybridized carbons (Fsp3) is 0.444. The summed E-state index contributed by atoms with van der Waals surface area (Å²) in [5, 5.41) is 0. The lowest BCUT2D eigenvalue weighted by molar-refractivity contribution is -0.142. The van der Waals surface area contributed by atoms with Gasteiger partial charge >= 0.3 is 17.9 Å². The number of nitrogens with zero attached hydrogens (tertiary/aromatic N) is 1. The molecule has 1 fully saturated rings. The van der Waals surface area contributed by atoms with E-state index in [0.717, 1.165) is 37.6 Å². The molecule has 1 atom stereocenters. The van der Waals surface area contributed by atoms with Crippen LogP contribution in [0.25, 0.3) is 0 Å². The minimum Gasteiger partial charge on any atom is -0.461 e. The van der Waals surface area contributed by atoms with Crippen LogP contribution in [0.15, 0.2) is 67.3 Å². The van der Waals surface area contributed by atoms with Gasteiger partial charge in [-0.2, -0.15) is 0 Å². The molecule has 1 aromatic rings. The van der Waals surface area contributed by atoms with E-state index in [4.69, 9.17) is 18.9 Å². The molecule has 0 spiro atoms. The first kappa shape index (κ1) is 31.8. The van der Waals surface area contributed by atoms with Crippen molar-refractivity contribution in [1.82, 2.24) is 4.90 Å². The van der Waals surface area contributed by atoms with E-state index >= 15 is 0 Å². The Balaban J connectivity index is 0.000000496. The smallest absolute Gasteiger partial charge is 0.333 e. The molecule has 2 rings (SSSR count). The van der Waals surface area contributed by atoms with Crippen LogP contribution in [0.5, 0.6) is 0 Å². The highest BCUT2D eigenvalue weighted by atomic mass is 16.6. The van der Waals surface area contributed by atoms with Crippen LogP contribution in [0.2, 0.25) is 0 Å². The molecule has 194 valence electrons. The molecule has 1 unspecified atom stereocenters. The zero-order chi connectivity index (χ0) is 26.6. The van der Waals surface area contributed by atoms with E-state index in [0.29, 0.717) is 31.0 Å². The molecule has 35 heavy (non-hydrogen) atoms. The second-order valence-corrected chi connectivity index (χ2v) is 8.03. The van der Waals surface area contributed by atoms with Gasteiger partial charge in [-0.15, -0.1) is 0 Å². The summed E-state index contributed by atoms with van der Waals surface area (Å²) in [7, 11) is 3.85. The van der Waals surface area contributed by atoms with Gasteiger partial charge in [0, 0.05) is 30.4 Å². The van der Waals surface area contributed by atoms with E-state index < -0.39 is 0 Å². The molecule has 1 saturated heterocycles. The van der Waals surface area contributed by atoms with Crippen molar-refractivity contribution in [3.05, 3.63) is 72.9 Å². The lowest BCUT2D eigenvalue weighted by Crippen LogP contribution is -2.20. The minimum absolute atomic E-state index is 0.105. The SMILES string of the molecule is C=C(C)C(=O)OCC1CCCO1.C=C(C)C(=O)OCCN(C)C.C=CC(=O)OCc1ccccc1. The number of carbonyl (C=O) groups is 3. The van der Waals surface area contributed by atoms with Gasteiger partial charge in [-0.3, -0.25) is 0 Å². The molecule has 0 N–H and O–H groups in total. The first-order chi connectivity index (χ1) is 16.6. The molecule has 0 saturated carbocycles. The summed E-state index contributed by atoms with van der Waals surface area (Å²) in [5.41, 5.74) is 1.87. The Hall–Kier alpha value is -3.23. The predicted octanol–water partition coefficient (Wildman–Crippen LogP) is 3.87. The standard InChI is InChI=1S/C10H10O2.C9H14O3.C8H15NO2/c1-2-10(11)12-8-9-6-4-3-5-7-9;1-7(2)9(10)12-6-8-4-3-5-11-8;1-7(2)8(10)11-6-5-9(3)4/h2-7H,1,8H2;8H,1,3-6H2,2H3;1,5-6H2,2-4H3. The molecule has 8 heteroatoms. The quantitative estimate of drug-likeness (QED) is 0.278. The second kappa shape index (κ2) is 19.1. The van der Waals surface area contributed by atoms with Crippen LogP contribution >= 0.6 is 0 Å². The normalized spacial score (nSPS) is 13.8. The summed E-state index contributed by atoms with van der Waals surface area (Å²) < 4.78 is 19.9. The number of esters is 3. The topological polar surface area (TPSA) is 91.4 Å². The number of benzene rings is 1. The summed E-state index contributed by atoms with van der Waals surface area (Å²) in [5.74, 6) is -1.03. The van der Waals surface area contributed by atoms with Gasteiger partial charge in [-0.25, -0.2) is 14.4 Å². The largest absolute Gasteiger partial charge is 0.461 e. The molecule has 1 heterocycles. The van der Waals surface area contributed by atoms with Gasteiger partial charge in [-0.05, 0) is 46.3 Å². The van der Waals surface area contributed by atoms with Crippen molar-refractivity contribution in [2.24, 2.45) is 0 Å². The van der Waals surface area contributed by atoms with Crippen LogP contribution in [-0.4, -0.2) is 69.4 Å². The molecule has 0 bridgehead atoms. The van der Waals surface area contributed by atoms with E-state index in [1.807, 2.05) is 49.3 Å². The zero-order valence-corrected chi connectivity index (χ0v) is 21.4. The molecule has 1 aliphatic heterocycles. The monoisotopic (exact) mass is 489 g/mol. The maximum Gasteiger partial charge on any atom is 0.333 e. The van der Waals surface area contributed by atoms with Gasteiger partial charge < -0.3 is 23.8 Å². The number of likely N-dealkylation sites (N-methyl/N-ethyl adjacent to an activating group) is 1. The third kappa shape index (κ3) is 17.9. The molecule has 0 radical (unpaired) electrons. The number of rotatable bonds is 10. The maximum atomic E-state index is 10.9. The number of carbonyl (C=O) groups excluding carboxylic acids is 3. The summed E-state index contributed by atoms with van der Waals surface area (Å²) in [4.78, 5) is 34.3. The molecule has 1 aromatic carbocycles. The van der Waals surface area contributed by atoms with Gasteiger partial charge in [0.15, 0.2) is 0 Å². The van der Waals surface area contributed by atoms with Crippen molar-refractivity contribution in [2.75, 3.05) is 40.5 Å². The lowest BCUT2D eigenvalue weighted by Gasteiger charge is -2.09. The Labute approximate surface area is 209 Å². The second-order valence-electron chi connectivity index (χ2n) is 8.03. The Morgan fingerprint density at radius 3 is 2.11 bits per heavy atom. The van der Waals surface area contributed by atoms with Gasteiger partial charge in [0.2, 0.25) is 0 Å². The van der Waals surface area contributed by atoms with E-state index in [1.165, 1.54) is 0 Å². The summed E-state index contributed by atoms with van der Waals surface area (Å²) >= 11 is 0. The van der Waals surface area contributed by atoms with Crippen molar-refractivity contribution in [2.45, 2.75) is 39.4 Å². The molecule has 0 amide bonds. The van der Waals surface area contributed by atoms with E-state index in [2.05, 4.69) is 19.7 Å². The summed E-state index contributed by atoms with van der Waals surface area (Å²) in [6.45, 7) is 16.2. The number of hydrogen-bond donors (Lipinski definition) is 0. The van der Waals surface area contributed by atoms with Gasteiger partial charge in [-0.1, -0.05) is 50.1 Å². The molecule has 0 aromatic heterocycles. The van der Waals surface area contributed by atoms with E-state index in [9.17, 15) is 14.4 Å². The Morgan fingerprint density at radius 1 is 1.03 bits per heavy atom. The van der Waals surface area contributed by atoms with Crippen LogP contribution in [-0.2, 0) is 39.9 Å². The highest BCUT2D eigenvalue weighted by Crippen LogP contribution is 2.12. The predicted molar refractivity (Wildman–Crippen MR) is 136 cm³/mol. The van der Waals surface area contributed by atoms with Crippen molar-refractivity contribution in [3.8, 4) is 0 Å². The summed E-state index contributed by atoms with van der Waals surface area (Å²) in [6.07, 6.45) is 3.31. The maximum absolute atomic E-state index is 10.9. The number of hydrogen-bond acceptors (Lipinski definition) is 8. The molecular formula is C27H39NO7. The lowest BCUT2D eigenvalue weighted by atomic mass is 10.2. The van der Waals surface area contributed by atoms with E-state index in [-0.39, 0.29) is 24.0 Å². The fourth-order valence-corrected chi connectivity index (χ4v) is 2.30. The highest BCUT2D eigenvalue weighted by molar-refractivity contribution is 5.87. The van der Waals surface area contributed by atoms with Crippen LogP contribution < -0.4 is 0 Å². The van der Waals surface area contributed by atoms with Crippen molar-refractivity contribution in [1.29, 1.82) is 0 Å². The van der Waals surface area contributed by atoms with Crippen LogP contribution in [0, 0.1) is 0 Å². The minimum atomic E-state index is -0.390. The van der Waals surface area contributed by atoms with Crippen molar-refractivity contribution in [3.63, 3.8) is 0 Å². The van der Waals surface area contributed by atoms with Gasteiger partial charge in [0.25, 0.3) is 0 Å². The Morgan fingerprint density at radius 2 is 1.63 bits per heavy atom. The molecule has 1 aliphatic rings. The first-order valence-electron chi connectivity index (χ1n) is 11.3. The molecular weight excluding hydrogens is 450 g/mol. The first-order valence-corrected chi connectivity index (χ1v) is 11.3. The van der Waals surface area contributed by atoms with Crippen molar-refractivity contribution < 1.29 is 33.3 Å². The number of ether oxygens (including phenoxy) is 4. The average Bonchev–Trinajstić information content (AvgIpc) is 3.35. The van der Waals surface area contributed by atoms with Crippen LogP contribution in [0.1, 0.15) is 32.3 Å². The van der Waals surface area contributed by atoms with Gasteiger partial charge in [0.1, 0.15) is 19.8 Å². The Bertz CT molecular complexity index is 812. The van der Waals surface area contributed by atoms with Crippen LogP contribution in [0.3, 0.4) is 0 Å². The average molecular weight is 490 g/mol. The van der Waals surface area contributed by atoms with Crippen molar-refractivity contribution >= 4 is 17.9 Å². The molecule has 0 aliphatic carbocycles. The third-order valence-corrected chi connectivity index (χ3v) is 4.28.